The van der Waals surface area contributed by atoms with Crippen molar-refractivity contribution in [3.63, 3.8) is 0 Å². The lowest BCUT2D eigenvalue weighted by Gasteiger charge is -2.10. The lowest BCUT2D eigenvalue weighted by atomic mass is 10.0. The maximum Gasteiger partial charge on any atom is 0.109 e. The molecule has 0 saturated heterocycles. The molecule has 0 aliphatic carbocycles. The van der Waals surface area contributed by atoms with E-state index in [1.807, 2.05) is 13.0 Å². The smallest absolute Gasteiger partial charge is 0.109 e. The summed E-state index contributed by atoms with van der Waals surface area (Å²) in [5.74, 6) is 0.879. The Labute approximate surface area is 102 Å². The van der Waals surface area contributed by atoms with Gasteiger partial charge in [0.05, 0.1) is 12.4 Å². The van der Waals surface area contributed by atoms with E-state index < -0.39 is 6.10 Å². The van der Waals surface area contributed by atoms with Gasteiger partial charge in [-0.15, -0.1) is 0 Å². The molecule has 0 bridgehead atoms. The lowest BCUT2D eigenvalue weighted by molar-refractivity contribution is 0.176. The van der Waals surface area contributed by atoms with Gasteiger partial charge in [0.2, 0.25) is 0 Å². The molecular formula is C15H18O2. The number of furan rings is 1. The van der Waals surface area contributed by atoms with Crippen LogP contribution in [0.5, 0.6) is 0 Å². The fraction of sp³-hybridized carbons (Fsp3) is 0.333. The molecule has 2 aromatic rings. The molecule has 2 nitrogen and oxygen atoms in total. The molecule has 17 heavy (non-hydrogen) atoms. The molecule has 0 saturated carbocycles. The van der Waals surface area contributed by atoms with Gasteiger partial charge in [-0.2, -0.15) is 0 Å². The van der Waals surface area contributed by atoms with Crippen LogP contribution in [0.25, 0.3) is 0 Å². The van der Waals surface area contributed by atoms with E-state index in [4.69, 9.17) is 4.42 Å². The molecule has 0 aliphatic rings. The van der Waals surface area contributed by atoms with Crippen LogP contribution in [0.1, 0.15) is 35.5 Å². The zero-order valence-electron chi connectivity index (χ0n) is 10.3. The summed E-state index contributed by atoms with van der Waals surface area (Å²) in [4.78, 5) is 0. The van der Waals surface area contributed by atoms with Gasteiger partial charge in [0.25, 0.3) is 0 Å². The number of hydrogen-bond acceptors (Lipinski definition) is 2. The second-order valence-corrected chi connectivity index (χ2v) is 4.36. The molecule has 1 unspecified atom stereocenters. The van der Waals surface area contributed by atoms with Crippen molar-refractivity contribution in [2.45, 2.75) is 32.8 Å². The monoisotopic (exact) mass is 230 g/mol. The van der Waals surface area contributed by atoms with E-state index in [1.54, 1.807) is 6.26 Å². The Bertz CT molecular complexity index is 468. The quantitative estimate of drug-likeness (QED) is 0.873. The minimum atomic E-state index is -0.480. The van der Waals surface area contributed by atoms with Gasteiger partial charge in [0, 0.05) is 18.4 Å². The van der Waals surface area contributed by atoms with Crippen LogP contribution in [0.3, 0.4) is 0 Å². The van der Waals surface area contributed by atoms with Crippen molar-refractivity contribution in [1.29, 1.82) is 0 Å². The highest BCUT2D eigenvalue weighted by Crippen LogP contribution is 2.23. The number of benzene rings is 1. The van der Waals surface area contributed by atoms with Crippen LogP contribution < -0.4 is 0 Å². The van der Waals surface area contributed by atoms with Gasteiger partial charge >= 0.3 is 0 Å². The first-order valence-corrected chi connectivity index (χ1v) is 6.00. The molecule has 1 aromatic carbocycles. The van der Waals surface area contributed by atoms with Gasteiger partial charge in [-0.1, -0.05) is 36.8 Å². The van der Waals surface area contributed by atoms with Crippen molar-refractivity contribution in [2.24, 2.45) is 0 Å². The highest BCUT2D eigenvalue weighted by molar-refractivity contribution is 5.26. The van der Waals surface area contributed by atoms with Gasteiger partial charge in [0.15, 0.2) is 0 Å². The number of aliphatic hydroxyl groups excluding tert-OH is 1. The molecule has 0 spiro atoms. The molecule has 0 aliphatic heterocycles. The van der Waals surface area contributed by atoms with Crippen LogP contribution in [0.15, 0.2) is 41.0 Å². The first-order valence-electron chi connectivity index (χ1n) is 6.00. The molecule has 2 rings (SSSR count). The van der Waals surface area contributed by atoms with E-state index in [2.05, 4.69) is 31.2 Å². The van der Waals surface area contributed by atoms with Crippen molar-refractivity contribution >= 4 is 0 Å². The van der Waals surface area contributed by atoms with Crippen molar-refractivity contribution in [3.05, 3.63) is 59.0 Å². The zero-order chi connectivity index (χ0) is 12.3. The third-order valence-electron chi connectivity index (χ3n) is 3.01. The first kappa shape index (κ1) is 11.9. The predicted molar refractivity (Wildman–Crippen MR) is 67.9 cm³/mol. The summed E-state index contributed by atoms with van der Waals surface area (Å²) in [6.07, 6.45) is 2.61. The van der Waals surface area contributed by atoms with Crippen molar-refractivity contribution in [3.8, 4) is 0 Å². The molecule has 1 N–H and O–H groups in total. The van der Waals surface area contributed by atoms with Crippen molar-refractivity contribution < 1.29 is 9.52 Å². The Hall–Kier alpha value is -1.54. The average Bonchev–Trinajstić information content (AvgIpc) is 2.80. The molecule has 2 heteroatoms. The van der Waals surface area contributed by atoms with Crippen molar-refractivity contribution in [1.82, 2.24) is 0 Å². The van der Waals surface area contributed by atoms with E-state index in [0.29, 0.717) is 6.42 Å². The maximum absolute atomic E-state index is 10.2. The fourth-order valence-electron chi connectivity index (χ4n) is 1.99. The maximum atomic E-state index is 10.2. The minimum Gasteiger partial charge on any atom is -0.469 e. The SMILES string of the molecule is CCc1occc1C(O)Cc1ccc(C)cc1. The third kappa shape index (κ3) is 2.77. The van der Waals surface area contributed by atoms with Crippen LogP contribution in [-0.4, -0.2) is 5.11 Å². The number of rotatable bonds is 4. The second kappa shape index (κ2) is 5.19. The topological polar surface area (TPSA) is 33.4 Å². The lowest BCUT2D eigenvalue weighted by Crippen LogP contribution is -2.03. The molecule has 1 heterocycles. The standard InChI is InChI=1S/C15H18O2/c1-3-15-13(8-9-17-15)14(16)10-12-6-4-11(2)5-7-12/h4-9,14,16H,3,10H2,1-2H3. The summed E-state index contributed by atoms with van der Waals surface area (Å²) in [6.45, 7) is 4.09. The fourth-order valence-corrected chi connectivity index (χ4v) is 1.99. The number of aryl methyl sites for hydroxylation is 2. The molecule has 0 radical (unpaired) electrons. The van der Waals surface area contributed by atoms with E-state index in [0.717, 1.165) is 23.3 Å². The van der Waals surface area contributed by atoms with Crippen molar-refractivity contribution in [2.75, 3.05) is 0 Å². The van der Waals surface area contributed by atoms with Crippen LogP contribution in [-0.2, 0) is 12.8 Å². The van der Waals surface area contributed by atoms with Crippen LogP contribution in [0.4, 0.5) is 0 Å². The molecule has 1 atom stereocenters. The summed E-state index contributed by atoms with van der Waals surface area (Å²) in [7, 11) is 0. The minimum absolute atomic E-state index is 0.480. The summed E-state index contributed by atoms with van der Waals surface area (Å²) < 4.78 is 5.33. The van der Waals surface area contributed by atoms with E-state index in [-0.39, 0.29) is 0 Å². The van der Waals surface area contributed by atoms with E-state index in [1.165, 1.54) is 5.56 Å². The Morgan fingerprint density at radius 1 is 1.18 bits per heavy atom. The van der Waals surface area contributed by atoms with E-state index >= 15 is 0 Å². The molecule has 90 valence electrons. The largest absolute Gasteiger partial charge is 0.469 e. The normalized spacial score (nSPS) is 12.6. The van der Waals surface area contributed by atoms with Gasteiger partial charge in [-0.05, 0) is 18.6 Å². The van der Waals surface area contributed by atoms with Gasteiger partial charge in [-0.25, -0.2) is 0 Å². The molecule has 1 aromatic heterocycles. The Balaban J connectivity index is 2.11. The summed E-state index contributed by atoms with van der Waals surface area (Å²) in [5.41, 5.74) is 3.29. The number of hydrogen-bond donors (Lipinski definition) is 1. The Kier molecular flexibility index (Phi) is 3.64. The highest BCUT2D eigenvalue weighted by Gasteiger charge is 2.14. The molecule has 0 amide bonds. The average molecular weight is 230 g/mol. The van der Waals surface area contributed by atoms with Crippen LogP contribution in [0, 0.1) is 6.92 Å². The summed E-state index contributed by atoms with van der Waals surface area (Å²) in [6, 6.07) is 10.1. The summed E-state index contributed by atoms with van der Waals surface area (Å²) >= 11 is 0. The summed E-state index contributed by atoms with van der Waals surface area (Å²) in [5, 5.41) is 10.2. The highest BCUT2D eigenvalue weighted by atomic mass is 16.3. The second-order valence-electron chi connectivity index (χ2n) is 4.36. The predicted octanol–water partition coefficient (Wildman–Crippen LogP) is 3.43. The zero-order valence-corrected chi connectivity index (χ0v) is 10.3. The Morgan fingerprint density at radius 3 is 2.53 bits per heavy atom. The van der Waals surface area contributed by atoms with Gasteiger partial charge in [0.1, 0.15) is 5.76 Å². The molecule has 0 fully saturated rings. The molecular weight excluding hydrogens is 212 g/mol. The van der Waals surface area contributed by atoms with E-state index in [9.17, 15) is 5.11 Å². The van der Waals surface area contributed by atoms with Gasteiger partial charge < -0.3 is 9.52 Å². The third-order valence-corrected chi connectivity index (χ3v) is 3.01. The van der Waals surface area contributed by atoms with Crippen LogP contribution >= 0.6 is 0 Å². The number of aliphatic hydroxyl groups is 1. The first-order chi connectivity index (χ1) is 8.20. The van der Waals surface area contributed by atoms with Gasteiger partial charge in [-0.3, -0.25) is 0 Å². The Morgan fingerprint density at radius 2 is 1.88 bits per heavy atom. The van der Waals surface area contributed by atoms with Crippen LogP contribution in [0.2, 0.25) is 0 Å².